The molecule has 1 unspecified atom stereocenters. The van der Waals surface area contributed by atoms with E-state index in [9.17, 15) is 0 Å². The molecule has 84 valence electrons. The molecule has 0 amide bonds. The van der Waals surface area contributed by atoms with E-state index in [0.717, 1.165) is 19.0 Å². The maximum Gasteiger partial charge on any atom is 0.225 e. The Morgan fingerprint density at radius 3 is 2.87 bits per heavy atom. The fourth-order valence-electron chi connectivity index (χ4n) is 1.70. The highest BCUT2D eigenvalue weighted by Gasteiger charge is 2.30. The van der Waals surface area contributed by atoms with Crippen molar-refractivity contribution in [3.63, 3.8) is 0 Å². The topological polar surface area (TPSA) is 39.9 Å². The van der Waals surface area contributed by atoms with Gasteiger partial charge >= 0.3 is 0 Å². The lowest BCUT2D eigenvalue weighted by molar-refractivity contribution is 0.0634. The van der Waals surface area contributed by atoms with Crippen LogP contribution < -0.4 is 0 Å². The Bertz CT molecular complexity index is 335. The zero-order chi connectivity index (χ0) is 10.8. The van der Waals surface area contributed by atoms with Gasteiger partial charge in [-0.15, -0.1) is 10.2 Å². The molecule has 0 aromatic carbocycles. The van der Waals surface area contributed by atoms with E-state index >= 15 is 0 Å². The summed E-state index contributed by atoms with van der Waals surface area (Å²) in [6.45, 7) is 5.49. The first kappa shape index (κ1) is 10.9. The van der Waals surface area contributed by atoms with Gasteiger partial charge in [0.25, 0.3) is 0 Å². The monoisotopic (exact) mass is 229 g/mol. The summed E-state index contributed by atoms with van der Waals surface area (Å²) in [5, 5.41) is 8.51. The molecule has 1 fully saturated rings. The predicted octanol–water partition coefficient (Wildman–Crippen LogP) is 2.23. The molecule has 0 radical (unpaired) electrons. The van der Waals surface area contributed by atoms with Crippen LogP contribution in [0.4, 0.5) is 0 Å². The standard InChI is InChI=1S/C10H16ClN3O/c1-3-15-7(2)6-14-9(8-4-5-8)12-13-10(14)11/h7-8H,3-6H2,1-2H3. The molecule has 1 aliphatic rings. The van der Waals surface area contributed by atoms with Crippen LogP contribution in [-0.4, -0.2) is 27.5 Å². The fourth-order valence-corrected chi connectivity index (χ4v) is 1.90. The number of ether oxygens (including phenoxy) is 1. The Labute approximate surface area is 94.6 Å². The number of rotatable bonds is 5. The van der Waals surface area contributed by atoms with Crippen LogP contribution in [0.1, 0.15) is 38.4 Å². The third-order valence-electron chi connectivity index (χ3n) is 2.57. The number of halogens is 1. The Morgan fingerprint density at radius 2 is 2.27 bits per heavy atom. The van der Waals surface area contributed by atoms with Crippen molar-refractivity contribution >= 4 is 11.6 Å². The summed E-state index contributed by atoms with van der Waals surface area (Å²) >= 11 is 5.99. The Hall–Kier alpha value is -0.610. The number of hydrogen-bond acceptors (Lipinski definition) is 3. The summed E-state index contributed by atoms with van der Waals surface area (Å²) in [5.74, 6) is 1.59. The molecular weight excluding hydrogens is 214 g/mol. The number of hydrogen-bond donors (Lipinski definition) is 0. The second-order valence-electron chi connectivity index (χ2n) is 3.98. The average Bonchev–Trinajstić information content (AvgIpc) is 2.96. The van der Waals surface area contributed by atoms with Crippen LogP contribution >= 0.6 is 11.6 Å². The van der Waals surface area contributed by atoms with E-state index in [-0.39, 0.29) is 6.10 Å². The highest BCUT2D eigenvalue weighted by molar-refractivity contribution is 6.28. The van der Waals surface area contributed by atoms with E-state index in [1.54, 1.807) is 0 Å². The van der Waals surface area contributed by atoms with Gasteiger partial charge in [-0.25, -0.2) is 0 Å². The van der Waals surface area contributed by atoms with Crippen molar-refractivity contribution in [2.45, 2.75) is 45.3 Å². The maximum atomic E-state index is 5.99. The van der Waals surface area contributed by atoms with Gasteiger partial charge in [0.1, 0.15) is 5.82 Å². The van der Waals surface area contributed by atoms with Gasteiger partial charge in [-0.1, -0.05) is 0 Å². The zero-order valence-corrected chi connectivity index (χ0v) is 9.87. The summed E-state index contributed by atoms with van der Waals surface area (Å²) in [6, 6.07) is 0. The highest BCUT2D eigenvalue weighted by atomic mass is 35.5. The van der Waals surface area contributed by atoms with Crippen molar-refractivity contribution in [1.82, 2.24) is 14.8 Å². The third-order valence-corrected chi connectivity index (χ3v) is 2.85. The fraction of sp³-hybridized carbons (Fsp3) is 0.800. The predicted molar refractivity (Wildman–Crippen MR) is 58.1 cm³/mol. The smallest absolute Gasteiger partial charge is 0.225 e. The van der Waals surface area contributed by atoms with E-state index in [0.29, 0.717) is 11.2 Å². The number of nitrogens with zero attached hydrogens (tertiary/aromatic N) is 3. The van der Waals surface area contributed by atoms with Gasteiger partial charge in [-0.05, 0) is 38.3 Å². The lowest BCUT2D eigenvalue weighted by Gasteiger charge is -2.14. The van der Waals surface area contributed by atoms with E-state index in [1.165, 1.54) is 12.8 Å². The summed E-state index contributed by atoms with van der Waals surface area (Å²) < 4.78 is 7.46. The molecule has 0 saturated heterocycles. The zero-order valence-electron chi connectivity index (χ0n) is 9.11. The SMILES string of the molecule is CCOC(C)Cn1c(Cl)nnc1C1CC1. The van der Waals surface area contributed by atoms with Crippen molar-refractivity contribution in [2.75, 3.05) is 6.61 Å². The molecule has 1 saturated carbocycles. The second-order valence-corrected chi connectivity index (χ2v) is 4.32. The Morgan fingerprint density at radius 1 is 1.53 bits per heavy atom. The van der Waals surface area contributed by atoms with Crippen molar-refractivity contribution in [1.29, 1.82) is 0 Å². The molecule has 0 N–H and O–H groups in total. The van der Waals surface area contributed by atoms with Crippen LogP contribution in [0.2, 0.25) is 5.28 Å². The Kier molecular flexibility index (Phi) is 3.26. The molecule has 2 rings (SSSR count). The third kappa shape index (κ3) is 2.49. The molecule has 4 nitrogen and oxygen atoms in total. The van der Waals surface area contributed by atoms with Crippen molar-refractivity contribution in [2.24, 2.45) is 0 Å². The number of aromatic nitrogens is 3. The Balaban J connectivity index is 2.08. The molecule has 15 heavy (non-hydrogen) atoms. The van der Waals surface area contributed by atoms with Gasteiger partial charge < -0.3 is 4.74 Å². The largest absolute Gasteiger partial charge is 0.377 e. The van der Waals surface area contributed by atoms with Crippen molar-refractivity contribution < 1.29 is 4.74 Å². The molecule has 5 heteroatoms. The summed E-state index contributed by atoms with van der Waals surface area (Å²) in [4.78, 5) is 0. The molecule has 1 heterocycles. The first-order chi connectivity index (χ1) is 7.22. The maximum absolute atomic E-state index is 5.99. The molecule has 1 atom stereocenters. The molecule has 0 spiro atoms. The van der Waals surface area contributed by atoms with E-state index < -0.39 is 0 Å². The first-order valence-electron chi connectivity index (χ1n) is 5.42. The minimum Gasteiger partial charge on any atom is -0.377 e. The molecule has 1 aliphatic carbocycles. The van der Waals surface area contributed by atoms with E-state index in [4.69, 9.17) is 16.3 Å². The second kappa shape index (κ2) is 4.49. The van der Waals surface area contributed by atoms with E-state index in [1.807, 2.05) is 18.4 Å². The summed E-state index contributed by atoms with van der Waals surface area (Å²) in [7, 11) is 0. The first-order valence-corrected chi connectivity index (χ1v) is 5.80. The van der Waals surface area contributed by atoms with E-state index in [2.05, 4.69) is 10.2 Å². The molecule has 0 aliphatic heterocycles. The normalized spacial score (nSPS) is 18.1. The summed E-state index contributed by atoms with van der Waals surface area (Å²) in [5.41, 5.74) is 0. The lowest BCUT2D eigenvalue weighted by atomic mass is 10.3. The molecule has 1 aromatic rings. The minimum atomic E-state index is 0.154. The van der Waals surface area contributed by atoms with Crippen molar-refractivity contribution in [3.05, 3.63) is 11.1 Å². The van der Waals surface area contributed by atoms with Crippen LogP contribution in [0.3, 0.4) is 0 Å². The van der Waals surface area contributed by atoms with Crippen LogP contribution in [0.5, 0.6) is 0 Å². The van der Waals surface area contributed by atoms with Gasteiger partial charge in [-0.2, -0.15) is 0 Å². The molecular formula is C10H16ClN3O. The van der Waals surface area contributed by atoms with Gasteiger partial charge in [0.05, 0.1) is 12.6 Å². The van der Waals surface area contributed by atoms with Gasteiger partial charge in [-0.3, -0.25) is 4.57 Å². The minimum absolute atomic E-state index is 0.154. The quantitative estimate of drug-likeness (QED) is 0.778. The van der Waals surface area contributed by atoms with Crippen LogP contribution in [0.15, 0.2) is 0 Å². The van der Waals surface area contributed by atoms with Crippen LogP contribution in [0, 0.1) is 0 Å². The average molecular weight is 230 g/mol. The van der Waals surface area contributed by atoms with Crippen LogP contribution in [0.25, 0.3) is 0 Å². The molecule has 1 aromatic heterocycles. The summed E-state index contributed by atoms with van der Waals surface area (Å²) in [6.07, 6.45) is 2.57. The van der Waals surface area contributed by atoms with Gasteiger partial charge in [0.15, 0.2) is 0 Å². The van der Waals surface area contributed by atoms with Gasteiger partial charge in [0, 0.05) is 12.5 Å². The van der Waals surface area contributed by atoms with Gasteiger partial charge in [0.2, 0.25) is 5.28 Å². The highest BCUT2D eigenvalue weighted by Crippen LogP contribution is 2.39. The lowest BCUT2D eigenvalue weighted by Crippen LogP contribution is -2.18. The van der Waals surface area contributed by atoms with Crippen LogP contribution in [-0.2, 0) is 11.3 Å². The molecule has 0 bridgehead atoms. The van der Waals surface area contributed by atoms with Crippen molar-refractivity contribution in [3.8, 4) is 0 Å².